The standard InChI is InChI=1S/C34H34O4.C8H14O3.2C2H6.Y/c1-22(2)37-34(36)38-29-16-10-25(11-17-29)5-7-27-13-19-31-30-18-12-26(20-32(30)23(3)33(31)21-27)6-4-24-8-14-28(35)15-9-24;1-4-8(10)11-7(3)5-6(2)9;2*1-2;/h8-23,35H,4-7H2,1-3H3;4,6-7,9H,1,5H2,2-3H3;2*1-2H3;. The van der Waals surface area contributed by atoms with Crippen LogP contribution in [-0.2, 0) is 72.7 Å². The van der Waals surface area contributed by atoms with Gasteiger partial charge in [-0.15, -0.1) is 0 Å². The van der Waals surface area contributed by atoms with E-state index in [2.05, 4.69) is 49.9 Å². The number of hydrogen-bond donors (Lipinski definition) is 2. The van der Waals surface area contributed by atoms with Crippen molar-refractivity contribution >= 4 is 12.1 Å². The van der Waals surface area contributed by atoms with Gasteiger partial charge in [0.05, 0.1) is 12.2 Å². The van der Waals surface area contributed by atoms with E-state index >= 15 is 0 Å². The fourth-order valence-corrected chi connectivity index (χ4v) is 5.96. The molecule has 3 atom stereocenters. The molecule has 4 aromatic rings. The molecule has 4 aromatic carbocycles. The predicted molar refractivity (Wildman–Crippen MR) is 216 cm³/mol. The van der Waals surface area contributed by atoms with Crippen LogP contribution < -0.4 is 4.74 Å². The minimum atomic E-state index is -0.675. The molecule has 0 heterocycles. The van der Waals surface area contributed by atoms with Crippen molar-refractivity contribution in [3.05, 3.63) is 131 Å². The number of benzene rings is 4. The van der Waals surface area contributed by atoms with Gasteiger partial charge in [-0.25, -0.2) is 9.59 Å². The number of fused-ring (bicyclic) bond motifs is 3. The number of phenols is 1. The molecule has 0 aliphatic heterocycles. The summed E-state index contributed by atoms with van der Waals surface area (Å²) in [5.74, 6) is 0.727. The third-order valence-corrected chi connectivity index (χ3v) is 8.41. The molecule has 0 fully saturated rings. The molecule has 8 heteroatoms. The molecule has 3 unspecified atom stereocenters. The van der Waals surface area contributed by atoms with Gasteiger partial charge in [0.1, 0.15) is 17.6 Å². The quantitative estimate of drug-likeness (QED) is 0.0834. The van der Waals surface area contributed by atoms with Gasteiger partial charge in [0.25, 0.3) is 0 Å². The molecule has 5 rings (SSSR count). The number of aryl methyl sites for hydroxylation is 4. The van der Waals surface area contributed by atoms with Crippen molar-refractivity contribution in [2.45, 2.75) is 119 Å². The van der Waals surface area contributed by atoms with Crippen LogP contribution in [0, 0.1) is 0 Å². The molecule has 2 N–H and O–H groups in total. The number of phenolic OH excluding ortho intramolecular Hbond substituents is 1. The van der Waals surface area contributed by atoms with Gasteiger partial charge in [0, 0.05) is 51.1 Å². The maximum atomic E-state index is 11.7. The van der Waals surface area contributed by atoms with Gasteiger partial charge in [-0.2, -0.15) is 0 Å². The smallest absolute Gasteiger partial charge is 0.508 e. The van der Waals surface area contributed by atoms with E-state index in [9.17, 15) is 14.7 Å². The molecule has 54 heavy (non-hydrogen) atoms. The summed E-state index contributed by atoms with van der Waals surface area (Å²) >= 11 is 0. The number of hydrogen-bond acceptors (Lipinski definition) is 7. The summed E-state index contributed by atoms with van der Waals surface area (Å²) in [4.78, 5) is 22.3. The van der Waals surface area contributed by atoms with Crippen molar-refractivity contribution in [3.8, 4) is 22.6 Å². The Bertz CT molecular complexity index is 1710. The number of carbonyl (C=O) groups excluding carboxylic acids is 2. The summed E-state index contributed by atoms with van der Waals surface area (Å²) in [7, 11) is 0. The normalized spacial score (nSPS) is 13.0. The first-order chi connectivity index (χ1) is 25.4. The summed E-state index contributed by atoms with van der Waals surface area (Å²) in [6.07, 6.45) is 3.80. The first-order valence-electron chi connectivity index (χ1n) is 18.9. The van der Waals surface area contributed by atoms with E-state index < -0.39 is 18.2 Å². The Morgan fingerprint density at radius 3 is 1.56 bits per heavy atom. The minimum absolute atomic E-state index is 0. The molecule has 7 nitrogen and oxygen atoms in total. The second-order valence-electron chi connectivity index (χ2n) is 12.9. The second kappa shape index (κ2) is 25.3. The van der Waals surface area contributed by atoms with Gasteiger partial charge in [0.2, 0.25) is 0 Å². The van der Waals surface area contributed by atoms with E-state index in [1.165, 1.54) is 44.5 Å². The topological polar surface area (TPSA) is 102 Å². The molecule has 0 bridgehead atoms. The summed E-state index contributed by atoms with van der Waals surface area (Å²) in [6.45, 7) is 20.5. The Morgan fingerprint density at radius 2 is 1.13 bits per heavy atom. The SMILES string of the molecule is C=CC(=O)OC(C)CC(C)O.CC.CC.CC(C)OC(=O)Oc1ccc(CCc2ccc3c(c2)C(C)c2cc(CCc4ccc(O)cc4)ccc2-3)cc1.[Y]. The van der Waals surface area contributed by atoms with Crippen LogP contribution in [0.25, 0.3) is 11.1 Å². The van der Waals surface area contributed by atoms with Crippen LogP contribution in [0.3, 0.4) is 0 Å². The number of esters is 1. The Morgan fingerprint density at radius 1 is 0.704 bits per heavy atom. The minimum Gasteiger partial charge on any atom is -0.508 e. The van der Waals surface area contributed by atoms with Crippen LogP contribution >= 0.6 is 0 Å². The van der Waals surface area contributed by atoms with Gasteiger partial charge in [0.15, 0.2) is 0 Å². The summed E-state index contributed by atoms with van der Waals surface area (Å²) in [5.41, 5.74) is 10.6. The van der Waals surface area contributed by atoms with Crippen LogP contribution in [0.5, 0.6) is 11.5 Å². The Hall–Kier alpha value is -3.78. The molecular weight excluding hydrogens is 753 g/mol. The monoisotopic (exact) mass is 813 g/mol. The zero-order chi connectivity index (χ0) is 39.5. The molecule has 0 saturated heterocycles. The van der Waals surface area contributed by atoms with E-state index in [-0.39, 0.29) is 44.9 Å². The largest absolute Gasteiger partial charge is 0.514 e. The number of rotatable bonds is 12. The first-order valence-corrected chi connectivity index (χ1v) is 18.9. The van der Waals surface area contributed by atoms with Crippen LogP contribution in [0.15, 0.2) is 97.6 Å². The molecule has 1 radical (unpaired) electrons. The zero-order valence-corrected chi connectivity index (χ0v) is 36.6. The van der Waals surface area contributed by atoms with Crippen molar-refractivity contribution in [2.24, 2.45) is 0 Å². The second-order valence-corrected chi connectivity index (χ2v) is 12.9. The third-order valence-electron chi connectivity index (χ3n) is 8.41. The van der Waals surface area contributed by atoms with Crippen LogP contribution in [0.4, 0.5) is 4.79 Å². The van der Waals surface area contributed by atoms with Crippen molar-refractivity contribution in [1.82, 2.24) is 0 Å². The number of aliphatic hydroxyl groups is 1. The summed E-state index contributed by atoms with van der Waals surface area (Å²) in [6, 6.07) is 28.9. The van der Waals surface area contributed by atoms with E-state index in [0.29, 0.717) is 23.8 Å². The molecule has 289 valence electrons. The van der Waals surface area contributed by atoms with Crippen LogP contribution in [0.1, 0.15) is 108 Å². The maximum Gasteiger partial charge on any atom is 0.514 e. The van der Waals surface area contributed by atoms with Gasteiger partial charge in [-0.1, -0.05) is 102 Å². The van der Waals surface area contributed by atoms with Gasteiger partial charge >= 0.3 is 12.1 Å². The Kier molecular flexibility index (Phi) is 22.6. The van der Waals surface area contributed by atoms with Crippen molar-refractivity contribution in [3.63, 3.8) is 0 Å². The number of ether oxygens (including phenoxy) is 3. The zero-order valence-electron chi connectivity index (χ0n) is 33.7. The summed E-state index contributed by atoms with van der Waals surface area (Å²) < 4.78 is 15.0. The molecule has 0 saturated carbocycles. The third kappa shape index (κ3) is 15.9. The average Bonchev–Trinajstić information content (AvgIpc) is 3.42. The van der Waals surface area contributed by atoms with Crippen molar-refractivity contribution in [2.75, 3.05) is 0 Å². The first kappa shape index (κ1) is 48.2. The molecule has 0 amide bonds. The molecule has 0 aromatic heterocycles. The molecule has 1 aliphatic rings. The summed E-state index contributed by atoms with van der Waals surface area (Å²) in [5, 5.41) is 18.4. The van der Waals surface area contributed by atoms with E-state index in [0.717, 1.165) is 31.8 Å². The van der Waals surface area contributed by atoms with Crippen molar-refractivity contribution in [1.29, 1.82) is 0 Å². The number of aliphatic hydroxyl groups excluding tert-OH is 1. The van der Waals surface area contributed by atoms with E-state index in [1.807, 2.05) is 64.1 Å². The fraction of sp³-hybridized carbons (Fsp3) is 0.391. The van der Waals surface area contributed by atoms with Gasteiger partial charge in [-0.05, 0) is 122 Å². The average molecular weight is 814 g/mol. The molecule has 1 aliphatic carbocycles. The maximum absolute atomic E-state index is 11.7. The Balaban J connectivity index is 0.000000782. The Labute approximate surface area is 349 Å². The van der Waals surface area contributed by atoms with E-state index in [1.54, 1.807) is 39.8 Å². The predicted octanol–water partition coefficient (Wildman–Crippen LogP) is 10.9. The van der Waals surface area contributed by atoms with Gasteiger partial charge < -0.3 is 24.4 Å². The molecular formula is C46H60O7Y. The van der Waals surface area contributed by atoms with E-state index in [4.69, 9.17) is 19.3 Å². The molecule has 0 spiro atoms. The number of carbonyl (C=O) groups is 2. The fourth-order valence-electron chi connectivity index (χ4n) is 5.96. The number of aromatic hydroxyl groups is 1. The van der Waals surface area contributed by atoms with Crippen molar-refractivity contribution < 1.29 is 66.7 Å². The van der Waals surface area contributed by atoms with Gasteiger partial charge in [-0.3, -0.25) is 0 Å². The van der Waals surface area contributed by atoms with Crippen LogP contribution in [0.2, 0.25) is 0 Å². The van der Waals surface area contributed by atoms with Crippen LogP contribution in [-0.4, -0.2) is 40.6 Å².